The second-order valence-electron chi connectivity index (χ2n) is 4.14. The number of rotatable bonds is 4. The maximum atomic E-state index is 12.6. The maximum absolute atomic E-state index is 12.6. The van der Waals surface area contributed by atoms with Crippen LogP contribution in [0.25, 0.3) is 0 Å². The first-order valence-corrected chi connectivity index (χ1v) is 7.02. The van der Waals surface area contributed by atoms with E-state index in [1.165, 1.54) is 26.4 Å². The summed E-state index contributed by atoms with van der Waals surface area (Å²) in [5.41, 5.74) is 0.524. The first kappa shape index (κ1) is 16.0. The van der Waals surface area contributed by atoms with Gasteiger partial charge in [-0.15, -0.1) is 0 Å². The minimum atomic E-state index is -0.346. The molecular formula is C15H11Cl3O3. The molecule has 0 aromatic heterocycles. The van der Waals surface area contributed by atoms with Crippen molar-refractivity contribution in [3.8, 4) is 11.5 Å². The molecule has 0 amide bonds. The van der Waals surface area contributed by atoms with Crippen molar-refractivity contribution < 1.29 is 14.3 Å². The molecule has 21 heavy (non-hydrogen) atoms. The smallest absolute Gasteiger partial charge is 0.199 e. The minimum Gasteiger partial charge on any atom is -0.497 e. The van der Waals surface area contributed by atoms with Crippen LogP contribution in [0.15, 0.2) is 30.3 Å². The van der Waals surface area contributed by atoms with Crippen LogP contribution in [0.1, 0.15) is 15.9 Å². The number of carbonyl (C=O) groups is 1. The number of methoxy groups -OCH3 is 2. The monoisotopic (exact) mass is 344 g/mol. The molecule has 110 valence electrons. The zero-order valence-corrected chi connectivity index (χ0v) is 13.5. The second-order valence-corrected chi connectivity index (χ2v) is 5.39. The van der Waals surface area contributed by atoms with Gasteiger partial charge in [-0.25, -0.2) is 0 Å². The average Bonchev–Trinajstić information content (AvgIpc) is 2.45. The molecule has 2 aromatic carbocycles. The van der Waals surface area contributed by atoms with Gasteiger partial charge < -0.3 is 9.47 Å². The van der Waals surface area contributed by atoms with Crippen molar-refractivity contribution in [1.82, 2.24) is 0 Å². The molecule has 0 heterocycles. The molecule has 0 atom stereocenters. The molecule has 0 spiro atoms. The summed E-state index contributed by atoms with van der Waals surface area (Å²) < 4.78 is 10.3. The third-order valence-corrected chi connectivity index (χ3v) is 3.70. The van der Waals surface area contributed by atoms with Crippen LogP contribution in [-0.2, 0) is 0 Å². The van der Waals surface area contributed by atoms with Gasteiger partial charge in [-0.3, -0.25) is 4.79 Å². The van der Waals surface area contributed by atoms with E-state index in [0.717, 1.165) is 0 Å². The van der Waals surface area contributed by atoms with Crippen LogP contribution in [0.5, 0.6) is 11.5 Å². The minimum absolute atomic E-state index is 0.186. The lowest BCUT2D eigenvalue weighted by Crippen LogP contribution is -2.06. The molecule has 2 rings (SSSR count). The third-order valence-electron chi connectivity index (χ3n) is 2.89. The zero-order chi connectivity index (χ0) is 15.6. The fourth-order valence-corrected chi connectivity index (χ4v) is 2.87. The van der Waals surface area contributed by atoms with Crippen molar-refractivity contribution in [2.24, 2.45) is 0 Å². The van der Waals surface area contributed by atoms with Crippen molar-refractivity contribution in [2.75, 3.05) is 14.2 Å². The number of hydrogen-bond donors (Lipinski definition) is 0. The Morgan fingerprint density at radius 3 is 2.10 bits per heavy atom. The van der Waals surface area contributed by atoms with E-state index in [-0.39, 0.29) is 21.4 Å². The summed E-state index contributed by atoms with van der Waals surface area (Å²) in [6.07, 6.45) is 0. The standard InChI is InChI=1S/C15H11Cl3O3/c1-20-9-3-4-10(13(7-9)21-2)15(19)14-11(17)5-8(16)6-12(14)18/h3-7H,1-2H3. The summed E-state index contributed by atoms with van der Waals surface area (Å²) in [5, 5.41) is 0.744. The van der Waals surface area contributed by atoms with Crippen LogP contribution in [0, 0.1) is 0 Å². The van der Waals surface area contributed by atoms with E-state index in [0.29, 0.717) is 22.1 Å². The van der Waals surface area contributed by atoms with Crippen molar-refractivity contribution in [1.29, 1.82) is 0 Å². The molecule has 2 aromatic rings. The lowest BCUT2D eigenvalue weighted by molar-refractivity contribution is 0.103. The van der Waals surface area contributed by atoms with Gasteiger partial charge >= 0.3 is 0 Å². The molecule has 0 unspecified atom stereocenters. The molecule has 0 aliphatic carbocycles. The lowest BCUT2D eigenvalue weighted by Gasteiger charge is -2.11. The number of carbonyl (C=O) groups excluding carboxylic acids is 1. The molecule has 0 radical (unpaired) electrons. The number of ether oxygens (including phenoxy) is 2. The highest BCUT2D eigenvalue weighted by Crippen LogP contribution is 2.34. The van der Waals surface area contributed by atoms with Crippen LogP contribution >= 0.6 is 34.8 Å². The van der Waals surface area contributed by atoms with Crippen molar-refractivity contribution >= 4 is 40.6 Å². The summed E-state index contributed by atoms with van der Waals surface area (Å²) in [6.45, 7) is 0. The number of ketones is 1. The van der Waals surface area contributed by atoms with E-state index in [1.807, 2.05) is 0 Å². The Kier molecular flexibility index (Phi) is 4.99. The molecular weight excluding hydrogens is 335 g/mol. The van der Waals surface area contributed by atoms with Gasteiger partial charge in [-0.05, 0) is 24.3 Å². The van der Waals surface area contributed by atoms with E-state index in [1.54, 1.807) is 18.2 Å². The zero-order valence-electron chi connectivity index (χ0n) is 11.2. The Balaban J connectivity index is 2.55. The molecule has 3 nitrogen and oxygen atoms in total. The quantitative estimate of drug-likeness (QED) is 0.740. The Labute approximate surface area is 137 Å². The summed E-state index contributed by atoms with van der Waals surface area (Å²) >= 11 is 18.0. The van der Waals surface area contributed by atoms with Crippen LogP contribution in [0.2, 0.25) is 15.1 Å². The molecule has 0 aliphatic heterocycles. The van der Waals surface area contributed by atoms with Crippen molar-refractivity contribution in [3.05, 3.63) is 56.5 Å². The highest BCUT2D eigenvalue weighted by atomic mass is 35.5. The fraction of sp³-hybridized carbons (Fsp3) is 0.133. The molecule has 0 N–H and O–H groups in total. The molecule has 0 saturated heterocycles. The van der Waals surface area contributed by atoms with Crippen LogP contribution in [0.4, 0.5) is 0 Å². The molecule has 0 bridgehead atoms. The van der Waals surface area contributed by atoms with Crippen LogP contribution in [-0.4, -0.2) is 20.0 Å². The van der Waals surface area contributed by atoms with E-state index < -0.39 is 0 Å². The van der Waals surface area contributed by atoms with E-state index >= 15 is 0 Å². The Morgan fingerprint density at radius 2 is 1.57 bits per heavy atom. The highest BCUT2D eigenvalue weighted by molar-refractivity contribution is 6.43. The van der Waals surface area contributed by atoms with Crippen LogP contribution < -0.4 is 9.47 Å². The summed E-state index contributed by atoms with van der Waals surface area (Å²) in [5.74, 6) is 0.610. The van der Waals surface area contributed by atoms with Gasteiger partial charge in [0.25, 0.3) is 0 Å². The average molecular weight is 346 g/mol. The largest absolute Gasteiger partial charge is 0.497 e. The number of halogens is 3. The second kappa shape index (κ2) is 6.56. The molecule has 0 saturated carbocycles. The van der Waals surface area contributed by atoms with E-state index in [9.17, 15) is 4.79 Å². The van der Waals surface area contributed by atoms with Gasteiger partial charge in [0.05, 0.1) is 35.4 Å². The number of hydrogen-bond acceptors (Lipinski definition) is 3. The SMILES string of the molecule is COc1ccc(C(=O)c2c(Cl)cc(Cl)cc2Cl)c(OC)c1. The Bertz CT molecular complexity index is 676. The molecule has 0 aliphatic rings. The van der Waals surface area contributed by atoms with E-state index in [4.69, 9.17) is 44.3 Å². The lowest BCUT2D eigenvalue weighted by atomic mass is 10.0. The van der Waals surface area contributed by atoms with Gasteiger partial charge in [-0.1, -0.05) is 34.8 Å². The van der Waals surface area contributed by atoms with Gasteiger partial charge in [0, 0.05) is 11.1 Å². The predicted molar refractivity (Wildman–Crippen MR) is 84.5 cm³/mol. The number of benzene rings is 2. The van der Waals surface area contributed by atoms with E-state index in [2.05, 4.69) is 0 Å². The predicted octanol–water partition coefficient (Wildman–Crippen LogP) is 4.90. The van der Waals surface area contributed by atoms with Gasteiger partial charge in [-0.2, -0.15) is 0 Å². The Morgan fingerprint density at radius 1 is 0.952 bits per heavy atom. The molecule has 0 fully saturated rings. The first-order chi connectivity index (χ1) is 9.97. The molecule has 6 heteroatoms. The van der Waals surface area contributed by atoms with Gasteiger partial charge in [0.15, 0.2) is 5.78 Å². The summed E-state index contributed by atoms with van der Waals surface area (Å²) in [6, 6.07) is 7.82. The van der Waals surface area contributed by atoms with Gasteiger partial charge in [0.2, 0.25) is 0 Å². The van der Waals surface area contributed by atoms with Crippen molar-refractivity contribution in [3.63, 3.8) is 0 Å². The first-order valence-electron chi connectivity index (χ1n) is 5.89. The topological polar surface area (TPSA) is 35.5 Å². The maximum Gasteiger partial charge on any atom is 0.199 e. The highest BCUT2D eigenvalue weighted by Gasteiger charge is 2.21. The van der Waals surface area contributed by atoms with Crippen LogP contribution in [0.3, 0.4) is 0 Å². The summed E-state index contributed by atoms with van der Waals surface area (Å²) in [7, 11) is 3.00. The summed E-state index contributed by atoms with van der Waals surface area (Å²) in [4.78, 5) is 12.6. The Hall–Kier alpha value is -1.42. The normalized spacial score (nSPS) is 10.3. The van der Waals surface area contributed by atoms with Crippen molar-refractivity contribution in [2.45, 2.75) is 0 Å². The third kappa shape index (κ3) is 3.26. The van der Waals surface area contributed by atoms with Gasteiger partial charge in [0.1, 0.15) is 11.5 Å². The fourth-order valence-electron chi connectivity index (χ4n) is 1.88.